The monoisotopic (exact) mass is 310 g/mol. The number of carbonyl (C=O) groups is 1. The molecule has 10 heteroatoms. The van der Waals surface area contributed by atoms with E-state index in [-0.39, 0.29) is 0 Å². The highest BCUT2D eigenvalue weighted by molar-refractivity contribution is 5.89. The van der Waals surface area contributed by atoms with Crippen LogP contribution in [0.1, 0.15) is 0 Å². The first kappa shape index (κ1) is 14.0. The maximum absolute atomic E-state index is 12.1. The summed E-state index contributed by atoms with van der Waals surface area (Å²) in [6.45, 7) is -1.42. The number of hydrogen-bond donors (Lipinski definition) is 2. The predicted molar refractivity (Wildman–Crippen MR) is 70.0 cm³/mol. The first-order valence-electron chi connectivity index (χ1n) is 6.12. The first-order chi connectivity index (χ1) is 10.4. The molecule has 0 atom stereocenters. The van der Waals surface area contributed by atoms with E-state index in [1.165, 1.54) is 18.7 Å². The number of aromatic amines is 1. The van der Waals surface area contributed by atoms with Crippen LogP contribution in [-0.2, 0) is 0 Å². The molecule has 0 radical (unpaired) electrons. The number of amides is 1. The fraction of sp³-hybridized carbons (Fsp3) is 0.167. The molecular formula is C12H9F3N6O. The Bertz CT molecular complexity index is 821. The largest absolute Gasteiger partial charge is 0.405 e. The molecule has 3 aromatic rings. The summed E-state index contributed by atoms with van der Waals surface area (Å²) in [6.07, 6.45) is 1.25. The molecule has 3 rings (SSSR count). The number of pyridine rings is 1. The van der Waals surface area contributed by atoms with Gasteiger partial charge in [-0.25, -0.2) is 14.8 Å². The fourth-order valence-corrected chi connectivity index (χ4v) is 1.91. The van der Waals surface area contributed by atoms with Crippen LogP contribution >= 0.6 is 0 Å². The van der Waals surface area contributed by atoms with Gasteiger partial charge in [0.15, 0.2) is 5.65 Å². The lowest BCUT2D eigenvalue weighted by atomic mass is 10.1. The molecule has 114 valence electrons. The Hall–Kier alpha value is -2.91. The summed E-state index contributed by atoms with van der Waals surface area (Å²) >= 11 is 0. The van der Waals surface area contributed by atoms with Crippen LogP contribution in [0.4, 0.5) is 18.0 Å². The van der Waals surface area contributed by atoms with Crippen molar-refractivity contribution in [1.29, 1.82) is 0 Å². The van der Waals surface area contributed by atoms with E-state index in [1.54, 1.807) is 17.6 Å². The molecule has 0 fully saturated rings. The van der Waals surface area contributed by atoms with Crippen LogP contribution in [0.3, 0.4) is 0 Å². The van der Waals surface area contributed by atoms with Gasteiger partial charge >= 0.3 is 12.2 Å². The average molecular weight is 310 g/mol. The summed E-state index contributed by atoms with van der Waals surface area (Å²) in [5, 5.41) is 5.50. The molecule has 0 bridgehead atoms. The molecule has 3 aromatic heterocycles. The highest BCUT2D eigenvalue weighted by Crippen LogP contribution is 2.24. The Balaban J connectivity index is 1.85. The molecule has 22 heavy (non-hydrogen) atoms. The van der Waals surface area contributed by atoms with Gasteiger partial charge in [0.2, 0.25) is 0 Å². The summed E-state index contributed by atoms with van der Waals surface area (Å²) in [6, 6.07) is 0.717. The van der Waals surface area contributed by atoms with E-state index in [0.717, 1.165) is 4.68 Å². The number of H-pyrrole nitrogens is 1. The third-order valence-electron chi connectivity index (χ3n) is 2.86. The van der Waals surface area contributed by atoms with Gasteiger partial charge in [0.25, 0.3) is 0 Å². The molecule has 0 aliphatic rings. The van der Waals surface area contributed by atoms with Crippen LogP contribution in [0.15, 0.2) is 31.0 Å². The van der Waals surface area contributed by atoms with Crippen molar-refractivity contribution in [3.63, 3.8) is 0 Å². The highest BCUT2D eigenvalue weighted by atomic mass is 19.4. The van der Waals surface area contributed by atoms with Crippen molar-refractivity contribution in [3.8, 4) is 11.1 Å². The Morgan fingerprint density at radius 3 is 2.95 bits per heavy atom. The lowest BCUT2D eigenvalue weighted by Gasteiger charge is -2.07. The molecule has 0 saturated heterocycles. The number of aromatic nitrogens is 5. The predicted octanol–water partition coefficient (Wildman–Crippen LogP) is 1.94. The number of hydrogen-bond acceptors (Lipinski definition) is 4. The smallest absolute Gasteiger partial charge is 0.329 e. The van der Waals surface area contributed by atoms with Crippen LogP contribution < -0.4 is 5.32 Å². The van der Waals surface area contributed by atoms with Crippen molar-refractivity contribution in [2.45, 2.75) is 6.18 Å². The van der Waals surface area contributed by atoms with Crippen molar-refractivity contribution in [2.24, 2.45) is 0 Å². The maximum Gasteiger partial charge on any atom is 0.405 e. The van der Waals surface area contributed by atoms with Crippen LogP contribution in [0.5, 0.6) is 0 Å². The van der Waals surface area contributed by atoms with Crippen LogP contribution in [0.25, 0.3) is 22.3 Å². The number of alkyl halides is 3. The average Bonchev–Trinajstić information content (AvgIpc) is 3.12. The lowest BCUT2D eigenvalue weighted by molar-refractivity contribution is -0.122. The first-order valence-corrected chi connectivity index (χ1v) is 6.12. The Labute approximate surface area is 121 Å². The van der Waals surface area contributed by atoms with Crippen molar-refractivity contribution in [1.82, 2.24) is 30.0 Å². The standard InChI is InChI=1S/C12H9F3N6O/c13-12(14,15)5-17-11(22)21-4-7(3-20-21)8-1-2-16-10-9(8)18-6-19-10/h1-4,6H,5H2,(H,17,22)(H,16,18,19). The number of nitrogens with zero attached hydrogens (tertiary/aromatic N) is 4. The van der Waals surface area contributed by atoms with Gasteiger partial charge < -0.3 is 10.3 Å². The third kappa shape index (κ3) is 2.75. The maximum atomic E-state index is 12.1. The Morgan fingerprint density at radius 2 is 2.18 bits per heavy atom. The summed E-state index contributed by atoms with van der Waals surface area (Å²) in [7, 11) is 0. The minimum absolute atomic E-state index is 0.543. The molecule has 0 unspecified atom stereocenters. The van der Waals surface area contributed by atoms with E-state index < -0.39 is 18.8 Å². The second-order valence-electron chi connectivity index (χ2n) is 4.41. The zero-order valence-corrected chi connectivity index (χ0v) is 10.9. The lowest BCUT2D eigenvalue weighted by Crippen LogP contribution is -2.36. The number of halogens is 3. The fourth-order valence-electron chi connectivity index (χ4n) is 1.91. The number of rotatable bonds is 2. The van der Waals surface area contributed by atoms with Gasteiger partial charge in [0.1, 0.15) is 12.1 Å². The van der Waals surface area contributed by atoms with E-state index in [4.69, 9.17) is 0 Å². The van der Waals surface area contributed by atoms with Gasteiger partial charge in [-0.1, -0.05) is 0 Å². The van der Waals surface area contributed by atoms with E-state index in [9.17, 15) is 18.0 Å². The zero-order chi connectivity index (χ0) is 15.7. The van der Waals surface area contributed by atoms with Crippen molar-refractivity contribution in [3.05, 3.63) is 31.0 Å². The van der Waals surface area contributed by atoms with Gasteiger partial charge in [0.05, 0.1) is 12.5 Å². The molecule has 7 nitrogen and oxygen atoms in total. The minimum Gasteiger partial charge on any atom is -0.329 e. The number of carbonyl (C=O) groups excluding carboxylic acids is 1. The zero-order valence-electron chi connectivity index (χ0n) is 10.9. The number of imidazole rings is 1. The van der Waals surface area contributed by atoms with Crippen LogP contribution in [0.2, 0.25) is 0 Å². The van der Waals surface area contributed by atoms with Crippen molar-refractivity contribution >= 4 is 17.2 Å². The normalized spacial score (nSPS) is 11.8. The molecular weight excluding hydrogens is 301 g/mol. The van der Waals surface area contributed by atoms with Crippen molar-refractivity contribution in [2.75, 3.05) is 6.54 Å². The molecule has 0 aliphatic carbocycles. The topological polar surface area (TPSA) is 88.5 Å². The minimum atomic E-state index is -4.47. The van der Waals surface area contributed by atoms with Gasteiger partial charge in [-0.2, -0.15) is 23.0 Å². The van der Waals surface area contributed by atoms with E-state index in [1.807, 2.05) is 0 Å². The quantitative estimate of drug-likeness (QED) is 0.757. The molecule has 1 amide bonds. The molecule has 0 aliphatic heterocycles. The third-order valence-corrected chi connectivity index (χ3v) is 2.86. The second-order valence-corrected chi connectivity index (χ2v) is 4.41. The molecule has 0 spiro atoms. The summed E-state index contributed by atoms with van der Waals surface area (Å²) in [5.41, 5.74) is 2.35. The van der Waals surface area contributed by atoms with Gasteiger partial charge in [-0.3, -0.25) is 0 Å². The molecule has 0 saturated carbocycles. The van der Waals surface area contributed by atoms with Gasteiger partial charge in [0, 0.05) is 23.5 Å². The number of fused-ring (bicyclic) bond motifs is 1. The molecule has 3 heterocycles. The second kappa shape index (κ2) is 5.13. The van der Waals surface area contributed by atoms with Crippen molar-refractivity contribution < 1.29 is 18.0 Å². The summed E-state index contributed by atoms with van der Waals surface area (Å²) in [5.74, 6) is 0. The Kier molecular flexibility index (Phi) is 3.28. The van der Waals surface area contributed by atoms with Gasteiger partial charge in [-0.15, -0.1) is 0 Å². The summed E-state index contributed by atoms with van der Waals surface area (Å²) < 4.78 is 37.0. The van der Waals surface area contributed by atoms with E-state index in [2.05, 4.69) is 20.1 Å². The SMILES string of the molecule is O=C(NCC(F)(F)F)n1cc(-c2ccnc3[nH]cnc23)cn1. The molecule has 2 N–H and O–H groups in total. The van der Waals surface area contributed by atoms with E-state index in [0.29, 0.717) is 22.3 Å². The number of nitrogens with one attached hydrogen (secondary N) is 2. The van der Waals surface area contributed by atoms with E-state index >= 15 is 0 Å². The highest BCUT2D eigenvalue weighted by Gasteiger charge is 2.28. The van der Waals surface area contributed by atoms with Gasteiger partial charge in [-0.05, 0) is 6.07 Å². The Morgan fingerprint density at radius 1 is 1.36 bits per heavy atom. The summed E-state index contributed by atoms with van der Waals surface area (Å²) in [4.78, 5) is 22.6. The molecule has 0 aromatic carbocycles. The van der Waals surface area contributed by atoms with Crippen LogP contribution in [-0.4, -0.2) is 43.5 Å². The van der Waals surface area contributed by atoms with Crippen LogP contribution in [0, 0.1) is 0 Å².